The number of nitriles is 1. The summed E-state index contributed by atoms with van der Waals surface area (Å²) in [6.45, 7) is 3.08. The number of hydrogen-bond acceptors (Lipinski definition) is 2. The minimum absolute atomic E-state index is 0.687. The number of benzene rings is 1. The Kier molecular flexibility index (Phi) is 7.30. The van der Waals surface area contributed by atoms with Crippen molar-refractivity contribution < 1.29 is 4.74 Å². The molecular weight excluding hydrogens is 270 g/mol. The van der Waals surface area contributed by atoms with Crippen LogP contribution in [0.1, 0.15) is 70.3 Å². The van der Waals surface area contributed by atoms with Gasteiger partial charge in [-0.2, -0.15) is 5.26 Å². The monoisotopic (exact) mass is 299 g/mol. The van der Waals surface area contributed by atoms with Crippen LogP contribution in [0.3, 0.4) is 0 Å². The van der Waals surface area contributed by atoms with Gasteiger partial charge >= 0.3 is 0 Å². The van der Waals surface area contributed by atoms with Crippen LogP contribution in [0, 0.1) is 23.2 Å². The third-order valence-electron chi connectivity index (χ3n) is 4.94. The molecule has 0 saturated heterocycles. The smallest absolute Gasteiger partial charge is 0.119 e. The van der Waals surface area contributed by atoms with Gasteiger partial charge in [0.2, 0.25) is 0 Å². The topological polar surface area (TPSA) is 33.0 Å². The van der Waals surface area contributed by atoms with Crippen LogP contribution >= 0.6 is 0 Å². The molecule has 1 aliphatic rings. The lowest BCUT2D eigenvalue weighted by atomic mass is 9.78. The van der Waals surface area contributed by atoms with Gasteiger partial charge in [0.1, 0.15) is 5.75 Å². The van der Waals surface area contributed by atoms with E-state index in [1.165, 1.54) is 51.4 Å². The summed E-state index contributed by atoms with van der Waals surface area (Å²) >= 11 is 0. The van der Waals surface area contributed by atoms with E-state index in [2.05, 4.69) is 13.0 Å². The average molecular weight is 299 g/mol. The lowest BCUT2D eigenvalue weighted by Gasteiger charge is -2.28. The van der Waals surface area contributed by atoms with Gasteiger partial charge in [0.15, 0.2) is 0 Å². The SMILES string of the molecule is CCCCC1CCC(CCCOc2ccc(C#N)cc2)CC1. The van der Waals surface area contributed by atoms with Gasteiger partial charge in [-0.05, 0) is 48.9 Å². The summed E-state index contributed by atoms with van der Waals surface area (Å²) in [6.07, 6.45) is 12.4. The van der Waals surface area contributed by atoms with Crippen molar-refractivity contribution in [3.05, 3.63) is 29.8 Å². The van der Waals surface area contributed by atoms with Crippen molar-refractivity contribution >= 4 is 0 Å². The van der Waals surface area contributed by atoms with Crippen molar-refractivity contribution in [2.45, 2.75) is 64.7 Å². The fraction of sp³-hybridized carbons (Fsp3) is 0.650. The molecule has 1 aromatic rings. The molecule has 1 fully saturated rings. The molecule has 0 heterocycles. The van der Waals surface area contributed by atoms with Crippen molar-refractivity contribution in [2.24, 2.45) is 11.8 Å². The van der Waals surface area contributed by atoms with Crippen molar-refractivity contribution in [1.29, 1.82) is 5.26 Å². The van der Waals surface area contributed by atoms with Crippen LogP contribution in [0.4, 0.5) is 0 Å². The Balaban J connectivity index is 1.56. The first-order valence-electron chi connectivity index (χ1n) is 8.94. The van der Waals surface area contributed by atoms with E-state index in [9.17, 15) is 0 Å². The van der Waals surface area contributed by atoms with Crippen LogP contribution in [0.25, 0.3) is 0 Å². The molecular formula is C20H29NO. The largest absolute Gasteiger partial charge is 0.494 e. The zero-order chi connectivity index (χ0) is 15.6. The molecule has 1 aliphatic carbocycles. The molecule has 22 heavy (non-hydrogen) atoms. The van der Waals surface area contributed by atoms with Gasteiger partial charge in [-0.3, -0.25) is 0 Å². The highest BCUT2D eigenvalue weighted by Crippen LogP contribution is 2.34. The molecule has 120 valence electrons. The van der Waals surface area contributed by atoms with Gasteiger partial charge < -0.3 is 4.74 Å². The number of nitrogens with zero attached hydrogens (tertiary/aromatic N) is 1. The quantitative estimate of drug-likeness (QED) is 0.576. The van der Waals surface area contributed by atoms with E-state index in [1.807, 2.05) is 24.3 Å². The Morgan fingerprint density at radius 1 is 1.00 bits per heavy atom. The average Bonchev–Trinajstić information content (AvgIpc) is 2.58. The van der Waals surface area contributed by atoms with E-state index < -0.39 is 0 Å². The molecule has 1 aromatic carbocycles. The van der Waals surface area contributed by atoms with Crippen LogP contribution in [-0.4, -0.2) is 6.61 Å². The maximum atomic E-state index is 8.76. The molecule has 0 radical (unpaired) electrons. The van der Waals surface area contributed by atoms with Crippen LogP contribution in [0.15, 0.2) is 24.3 Å². The summed E-state index contributed by atoms with van der Waals surface area (Å²) in [5, 5.41) is 8.76. The van der Waals surface area contributed by atoms with Crippen LogP contribution in [0.2, 0.25) is 0 Å². The fourth-order valence-electron chi connectivity index (χ4n) is 3.49. The Morgan fingerprint density at radius 2 is 1.59 bits per heavy atom. The predicted octanol–water partition coefficient (Wildman–Crippen LogP) is 5.71. The summed E-state index contributed by atoms with van der Waals surface area (Å²) < 4.78 is 5.76. The lowest BCUT2D eigenvalue weighted by molar-refractivity contribution is 0.228. The molecule has 0 aromatic heterocycles. The van der Waals surface area contributed by atoms with E-state index in [1.54, 1.807) is 0 Å². The Bertz CT molecular complexity index is 452. The number of rotatable bonds is 8. The maximum Gasteiger partial charge on any atom is 0.119 e. The first-order valence-corrected chi connectivity index (χ1v) is 8.94. The van der Waals surface area contributed by atoms with Gasteiger partial charge in [-0.1, -0.05) is 51.9 Å². The number of hydrogen-bond donors (Lipinski definition) is 0. The highest BCUT2D eigenvalue weighted by molar-refractivity contribution is 5.34. The summed E-state index contributed by atoms with van der Waals surface area (Å²) in [5.74, 6) is 2.80. The molecule has 0 amide bonds. The highest BCUT2D eigenvalue weighted by Gasteiger charge is 2.20. The van der Waals surface area contributed by atoms with Crippen LogP contribution in [-0.2, 0) is 0 Å². The molecule has 2 heteroatoms. The van der Waals surface area contributed by atoms with E-state index >= 15 is 0 Å². The Morgan fingerprint density at radius 3 is 2.14 bits per heavy atom. The summed E-state index contributed by atoms with van der Waals surface area (Å²) in [4.78, 5) is 0. The predicted molar refractivity (Wildman–Crippen MR) is 90.9 cm³/mol. The molecule has 0 unspecified atom stereocenters. The summed E-state index contributed by atoms with van der Waals surface area (Å²) in [6, 6.07) is 9.52. The van der Waals surface area contributed by atoms with E-state index in [0.29, 0.717) is 5.56 Å². The first kappa shape index (κ1) is 16.9. The van der Waals surface area contributed by atoms with Gasteiger partial charge in [0, 0.05) is 0 Å². The zero-order valence-electron chi connectivity index (χ0n) is 13.9. The van der Waals surface area contributed by atoms with Crippen LogP contribution in [0.5, 0.6) is 5.75 Å². The van der Waals surface area contributed by atoms with Crippen LogP contribution < -0.4 is 4.74 Å². The van der Waals surface area contributed by atoms with Crippen molar-refractivity contribution in [1.82, 2.24) is 0 Å². The molecule has 0 spiro atoms. The third-order valence-corrected chi connectivity index (χ3v) is 4.94. The van der Waals surface area contributed by atoms with Gasteiger partial charge in [-0.25, -0.2) is 0 Å². The number of unbranched alkanes of at least 4 members (excludes halogenated alkanes) is 1. The first-order chi connectivity index (χ1) is 10.8. The molecule has 0 atom stereocenters. The molecule has 1 saturated carbocycles. The van der Waals surface area contributed by atoms with Crippen molar-refractivity contribution in [3.8, 4) is 11.8 Å². The van der Waals surface area contributed by atoms with Crippen molar-refractivity contribution in [3.63, 3.8) is 0 Å². The second kappa shape index (κ2) is 9.51. The van der Waals surface area contributed by atoms with E-state index in [-0.39, 0.29) is 0 Å². The standard InChI is InChI=1S/C20H29NO/c1-2-3-5-17-7-9-18(10-8-17)6-4-15-22-20-13-11-19(16-21)12-14-20/h11-14,17-18H,2-10,15H2,1H3. The Hall–Kier alpha value is -1.49. The zero-order valence-corrected chi connectivity index (χ0v) is 13.9. The van der Waals surface area contributed by atoms with Gasteiger partial charge in [0.25, 0.3) is 0 Å². The molecule has 0 N–H and O–H groups in total. The summed E-state index contributed by atoms with van der Waals surface area (Å²) in [5.41, 5.74) is 0.687. The minimum Gasteiger partial charge on any atom is -0.494 e. The Labute approximate surface area is 135 Å². The molecule has 2 rings (SSSR count). The lowest BCUT2D eigenvalue weighted by Crippen LogP contribution is -2.15. The summed E-state index contributed by atoms with van der Waals surface area (Å²) in [7, 11) is 0. The molecule has 2 nitrogen and oxygen atoms in total. The normalized spacial score (nSPS) is 21.3. The van der Waals surface area contributed by atoms with Gasteiger partial charge in [-0.15, -0.1) is 0 Å². The fourth-order valence-corrected chi connectivity index (χ4v) is 3.49. The third kappa shape index (κ3) is 5.72. The van der Waals surface area contributed by atoms with E-state index in [0.717, 1.165) is 30.6 Å². The minimum atomic E-state index is 0.687. The second-order valence-corrected chi connectivity index (χ2v) is 6.66. The second-order valence-electron chi connectivity index (χ2n) is 6.66. The maximum absolute atomic E-state index is 8.76. The number of ether oxygens (including phenoxy) is 1. The highest BCUT2D eigenvalue weighted by atomic mass is 16.5. The van der Waals surface area contributed by atoms with E-state index in [4.69, 9.17) is 10.00 Å². The van der Waals surface area contributed by atoms with Crippen molar-refractivity contribution in [2.75, 3.05) is 6.61 Å². The van der Waals surface area contributed by atoms with Gasteiger partial charge in [0.05, 0.1) is 18.2 Å². The molecule has 0 bridgehead atoms. The molecule has 0 aliphatic heterocycles.